The average molecular weight is 297 g/mol. The van der Waals surface area contributed by atoms with Crippen LogP contribution in [-0.4, -0.2) is 19.3 Å². The van der Waals surface area contributed by atoms with Gasteiger partial charge in [-0.2, -0.15) is 0 Å². The molecule has 0 amide bonds. The molecule has 1 aliphatic heterocycles. The van der Waals surface area contributed by atoms with Gasteiger partial charge in [0.1, 0.15) is 12.4 Å². The Bertz CT molecular complexity index is 565. The summed E-state index contributed by atoms with van der Waals surface area (Å²) in [7, 11) is 0. The highest BCUT2D eigenvalue weighted by atomic mass is 16.5. The lowest BCUT2D eigenvalue weighted by molar-refractivity contribution is 0.110. The highest BCUT2D eigenvalue weighted by molar-refractivity contribution is 5.33. The van der Waals surface area contributed by atoms with E-state index in [4.69, 9.17) is 9.47 Å². The molecule has 0 bridgehead atoms. The zero-order valence-corrected chi connectivity index (χ0v) is 12.8. The minimum absolute atomic E-state index is 0.373. The van der Waals surface area contributed by atoms with E-state index in [2.05, 4.69) is 29.6 Å². The van der Waals surface area contributed by atoms with E-state index < -0.39 is 0 Å². The smallest absolute Gasteiger partial charge is 0.124 e. The first-order chi connectivity index (χ1) is 10.9. The van der Waals surface area contributed by atoms with E-state index >= 15 is 0 Å². The van der Waals surface area contributed by atoms with Crippen LogP contribution < -0.4 is 10.1 Å². The Morgan fingerprint density at radius 2 is 1.86 bits per heavy atom. The second-order valence-corrected chi connectivity index (χ2v) is 5.65. The van der Waals surface area contributed by atoms with E-state index in [1.54, 1.807) is 0 Å². The van der Waals surface area contributed by atoms with Crippen LogP contribution in [0.3, 0.4) is 0 Å². The molecule has 22 heavy (non-hydrogen) atoms. The van der Waals surface area contributed by atoms with Gasteiger partial charge in [-0.25, -0.2) is 0 Å². The van der Waals surface area contributed by atoms with E-state index in [0.29, 0.717) is 12.7 Å². The third-order valence-corrected chi connectivity index (χ3v) is 3.92. The van der Waals surface area contributed by atoms with Gasteiger partial charge in [0.2, 0.25) is 0 Å². The first-order valence-corrected chi connectivity index (χ1v) is 7.99. The lowest BCUT2D eigenvalue weighted by Gasteiger charge is -2.14. The number of rotatable bonds is 7. The van der Waals surface area contributed by atoms with E-state index in [1.807, 2.05) is 30.3 Å². The lowest BCUT2D eigenvalue weighted by atomic mass is 10.2. The topological polar surface area (TPSA) is 30.5 Å². The summed E-state index contributed by atoms with van der Waals surface area (Å²) in [6.07, 6.45) is 2.72. The Morgan fingerprint density at radius 1 is 1.05 bits per heavy atom. The van der Waals surface area contributed by atoms with Gasteiger partial charge in [0.05, 0.1) is 6.10 Å². The number of hydrogen-bond acceptors (Lipinski definition) is 3. The summed E-state index contributed by atoms with van der Waals surface area (Å²) in [5, 5.41) is 3.48. The van der Waals surface area contributed by atoms with Crippen molar-refractivity contribution < 1.29 is 9.47 Å². The second-order valence-electron chi connectivity index (χ2n) is 5.65. The molecule has 2 aromatic rings. The van der Waals surface area contributed by atoms with Crippen LogP contribution in [0, 0.1) is 0 Å². The lowest BCUT2D eigenvalue weighted by Crippen LogP contribution is -2.25. The molecule has 0 radical (unpaired) electrons. The van der Waals surface area contributed by atoms with Crippen LogP contribution in [0.25, 0.3) is 0 Å². The molecule has 0 unspecified atom stereocenters. The molecule has 0 aromatic heterocycles. The van der Waals surface area contributed by atoms with Crippen LogP contribution in [0.4, 0.5) is 0 Å². The molecule has 1 saturated heterocycles. The molecule has 0 spiro atoms. The Kier molecular flexibility index (Phi) is 5.46. The summed E-state index contributed by atoms with van der Waals surface area (Å²) < 4.78 is 11.6. The van der Waals surface area contributed by atoms with Crippen LogP contribution in [0.1, 0.15) is 24.0 Å². The maximum atomic E-state index is 5.97. The molecule has 3 rings (SSSR count). The van der Waals surface area contributed by atoms with Crippen molar-refractivity contribution >= 4 is 0 Å². The molecule has 0 saturated carbocycles. The van der Waals surface area contributed by atoms with Crippen molar-refractivity contribution in [1.82, 2.24) is 5.32 Å². The fourth-order valence-corrected chi connectivity index (χ4v) is 2.70. The van der Waals surface area contributed by atoms with Crippen molar-refractivity contribution in [2.24, 2.45) is 0 Å². The largest absolute Gasteiger partial charge is 0.489 e. The predicted molar refractivity (Wildman–Crippen MR) is 87.9 cm³/mol. The molecule has 1 fully saturated rings. The Labute approximate surface area is 132 Å². The maximum absolute atomic E-state index is 5.97. The van der Waals surface area contributed by atoms with Crippen LogP contribution in [-0.2, 0) is 17.9 Å². The van der Waals surface area contributed by atoms with Gasteiger partial charge in [-0.15, -0.1) is 0 Å². The summed E-state index contributed by atoms with van der Waals surface area (Å²) >= 11 is 0. The van der Waals surface area contributed by atoms with Crippen molar-refractivity contribution in [2.45, 2.75) is 32.1 Å². The van der Waals surface area contributed by atoms with E-state index in [0.717, 1.165) is 25.4 Å². The quantitative estimate of drug-likeness (QED) is 0.848. The van der Waals surface area contributed by atoms with Crippen molar-refractivity contribution in [2.75, 3.05) is 13.2 Å². The Balaban J connectivity index is 1.52. The molecule has 3 heteroatoms. The monoisotopic (exact) mass is 297 g/mol. The van der Waals surface area contributed by atoms with Crippen LogP contribution in [0.2, 0.25) is 0 Å². The van der Waals surface area contributed by atoms with Crippen molar-refractivity contribution in [3.63, 3.8) is 0 Å². The molecule has 1 heterocycles. The van der Waals surface area contributed by atoms with Crippen LogP contribution in [0.5, 0.6) is 5.75 Å². The van der Waals surface area contributed by atoms with Gasteiger partial charge in [0.15, 0.2) is 0 Å². The zero-order chi connectivity index (χ0) is 15.0. The van der Waals surface area contributed by atoms with Crippen molar-refractivity contribution in [3.8, 4) is 5.75 Å². The minimum atomic E-state index is 0.373. The first kappa shape index (κ1) is 15.1. The third-order valence-electron chi connectivity index (χ3n) is 3.92. The van der Waals surface area contributed by atoms with Crippen molar-refractivity contribution in [3.05, 3.63) is 65.7 Å². The van der Waals surface area contributed by atoms with Gasteiger partial charge in [-0.1, -0.05) is 48.5 Å². The summed E-state index contributed by atoms with van der Waals surface area (Å²) in [6, 6.07) is 18.5. The van der Waals surface area contributed by atoms with Gasteiger partial charge in [-0.3, -0.25) is 0 Å². The molecule has 3 nitrogen and oxygen atoms in total. The zero-order valence-electron chi connectivity index (χ0n) is 12.8. The van der Waals surface area contributed by atoms with Gasteiger partial charge < -0.3 is 14.8 Å². The third kappa shape index (κ3) is 4.33. The normalized spacial score (nSPS) is 17.5. The number of para-hydroxylation sites is 1. The number of ether oxygens (including phenoxy) is 2. The predicted octanol–water partition coefficient (Wildman–Crippen LogP) is 3.53. The second kappa shape index (κ2) is 7.97. The molecule has 2 aromatic carbocycles. The fraction of sp³-hybridized carbons (Fsp3) is 0.368. The van der Waals surface area contributed by atoms with Crippen molar-refractivity contribution in [1.29, 1.82) is 0 Å². The minimum Gasteiger partial charge on any atom is -0.489 e. The maximum Gasteiger partial charge on any atom is 0.124 e. The van der Waals surface area contributed by atoms with Gasteiger partial charge in [-0.05, 0) is 24.5 Å². The molecule has 116 valence electrons. The van der Waals surface area contributed by atoms with Gasteiger partial charge in [0, 0.05) is 25.3 Å². The standard InChI is InChI=1S/C19H23NO2/c1-2-7-16(8-3-1)15-22-19-11-5-4-9-17(19)13-20-14-18-10-6-12-21-18/h1-5,7-9,11,18,20H,6,10,12-15H2/t18-/m1/s1. The number of nitrogens with one attached hydrogen (secondary N) is 1. The molecular weight excluding hydrogens is 274 g/mol. The highest BCUT2D eigenvalue weighted by Crippen LogP contribution is 2.19. The Morgan fingerprint density at radius 3 is 2.68 bits per heavy atom. The molecule has 1 N–H and O–H groups in total. The Hall–Kier alpha value is -1.84. The molecule has 1 atom stereocenters. The highest BCUT2D eigenvalue weighted by Gasteiger charge is 2.14. The van der Waals surface area contributed by atoms with E-state index in [1.165, 1.54) is 24.0 Å². The molecule has 1 aliphatic rings. The fourth-order valence-electron chi connectivity index (χ4n) is 2.70. The average Bonchev–Trinajstić information content (AvgIpc) is 3.08. The molecule has 0 aliphatic carbocycles. The van der Waals surface area contributed by atoms with E-state index in [9.17, 15) is 0 Å². The van der Waals surface area contributed by atoms with Crippen LogP contribution in [0.15, 0.2) is 54.6 Å². The van der Waals surface area contributed by atoms with Gasteiger partial charge in [0.25, 0.3) is 0 Å². The summed E-state index contributed by atoms with van der Waals surface area (Å²) in [4.78, 5) is 0. The summed E-state index contributed by atoms with van der Waals surface area (Å²) in [5.41, 5.74) is 2.38. The number of benzene rings is 2. The molecular formula is C19H23NO2. The first-order valence-electron chi connectivity index (χ1n) is 7.99. The summed E-state index contributed by atoms with van der Waals surface area (Å²) in [6.45, 7) is 3.23. The van der Waals surface area contributed by atoms with Crippen LogP contribution >= 0.6 is 0 Å². The van der Waals surface area contributed by atoms with Gasteiger partial charge >= 0.3 is 0 Å². The number of hydrogen-bond donors (Lipinski definition) is 1. The summed E-state index contributed by atoms with van der Waals surface area (Å²) in [5.74, 6) is 0.950. The van der Waals surface area contributed by atoms with E-state index in [-0.39, 0.29) is 0 Å². The SMILES string of the molecule is c1ccc(COc2ccccc2CNC[C@H]2CCCO2)cc1.